The molecule has 0 aromatic carbocycles. The molecular formula is C9H12BrN. The third-order valence-electron chi connectivity index (χ3n) is 2.13. The number of alkyl halides is 1. The Morgan fingerprint density at radius 2 is 1.91 bits per heavy atom. The molecule has 0 bridgehead atoms. The van der Waals surface area contributed by atoms with Crippen molar-refractivity contribution in [1.82, 2.24) is 4.98 Å². The number of hydrogen-bond acceptors (Lipinski definition) is 1. The van der Waals surface area contributed by atoms with E-state index in [2.05, 4.69) is 41.7 Å². The zero-order chi connectivity index (χ0) is 8.43. The zero-order valence-electron chi connectivity index (χ0n) is 7.11. The summed E-state index contributed by atoms with van der Waals surface area (Å²) >= 11 is 3.40. The van der Waals surface area contributed by atoms with Crippen molar-refractivity contribution in [2.75, 3.05) is 0 Å². The minimum atomic E-state index is 0.847. The first-order valence-corrected chi connectivity index (χ1v) is 4.76. The molecule has 2 heteroatoms. The van der Waals surface area contributed by atoms with E-state index in [1.54, 1.807) is 0 Å². The van der Waals surface area contributed by atoms with Gasteiger partial charge in [0.05, 0.1) is 5.69 Å². The molecular weight excluding hydrogens is 202 g/mol. The fourth-order valence-corrected chi connectivity index (χ4v) is 1.58. The molecule has 0 unspecified atom stereocenters. The second-order valence-electron chi connectivity index (χ2n) is 2.77. The summed E-state index contributed by atoms with van der Waals surface area (Å²) in [5.41, 5.74) is 5.08. The maximum Gasteiger partial charge on any atom is 0.0541 e. The number of aromatic nitrogens is 1. The van der Waals surface area contributed by atoms with Gasteiger partial charge in [-0.2, -0.15) is 0 Å². The molecule has 1 aromatic heterocycles. The van der Waals surface area contributed by atoms with Crippen LogP contribution in [0.15, 0.2) is 6.20 Å². The summed E-state index contributed by atoms with van der Waals surface area (Å²) in [6.45, 7) is 6.35. The Kier molecular flexibility index (Phi) is 2.66. The van der Waals surface area contributed by atoms with E-state index in [4.69, 9.17) is 0 Å². The molecule has 0 spiro atoms. The lowest BCUT2D eigenvalue weighted by molar-refractivity contribution is 1.08. The Labute approximate surface area is 76.0 Å². The molecule has 1 nitrogen and oxygen atoms in total. The highest BCUT2D eigenvalue weighted by molar-refractivity contribution is 9.08. The van der Waals surface area contributed by atoms with Gasteiger partial charge in [0.1, 0.15) is 0 Å². The van der Waals surface area contributed by atoms with Crippen molar-refractivity contribution in [2.45, 2.75) is 26.1 Å². The fourth-order valence-electron chi connectivity index (χ4n) is 1.02. The van der Waals surface area contributed by atoms with Crippen molar-refractivity contribution in [1.29, 1.82) is 0 Å². The van der Waals surface area contributed by atoms with Crippen molar-refractivity contribution in [3.05, 3.63) is 28.6 Å². The van der Waals surface area contributed by atoms with Gasteiger partial charge in [0.15, 0.2) is 0 Å². The van der Waals surface area contributed by atoms with Gasteiger partial charge in [-0.25, -0.2) is 0 Å². The van der Waals surface area contributed by atoms with Crippen LogP contribution in [0, 0.1) is 20.8 Å². The van der Waals surface area contributed by atoms with Gasteiger partial charge in [-0.1, -0.05) is 15.9 Å². The summed E-state index contributed by atoms with van der Waals surface area (Å²) in [6, 6.07) is 0. The van der Waals surface area contributed by atoms with E-state index in [1.165, 1.54) is 16.7 Å². The number of rotatable bonds is 1. The lowest BCUT2D eigenvalue weighted by Crippen LogP contribution is -1.95. The predicted octanol–water partition coefficient (Wildman–Crippen LogP) is 2.90. The molecule has 0 saturated carbocycles. The predicted molar refractivity (Wildman–Crippen MR) is 51.1 cm³/mol. The number of hydrogen-bond donors (Lipinski definition) is 0. The first-order chi connectivity index (χ1) is 5.16. The van der Waals surface area contributed by atoms with Crippen LogP contribution in [0.25, 0.3) is 0 Å². The molecule has 60 valence electrons. The number of halogens is 1. The first kappa shape index (κ1) is 8.72. The monoisotopic (exact) mass is 213 g/mol. The maximum atomic E-state index is 4.31. The highest BCUT2D eigenvalue weighted by Crippen LogP contribution is 2.15. The van der Waals surface area contributed by atoms with Gasteiger partial charge < -0.3 is 0 Å². The Hall–Kier alpha value is -0.370. The summed E-state index contributed by atoms with van der Waals surface area (Å²) in [5, 5.41) is 0.847. The minimum absolute atomic E-state index is 0.847. The molecule has 0 saturated heterocycles. The molecule has 0 N–H and O–H groups in total. The van der Waals surface area contributed by atoms with Gasteiger partial charge in [-0.15, -0.1) is 0 Å². The molecule has 11 heavy (non-hydrogen) atoms. The average Bonchev–Trinajstić information content (AvgIpc) is 2.01. The molecule has 0 aliphatic heterocycles. The SMILES string of the molecule is Cc1cnc(CBr)c(C)c1C. The molecule has 0 radical (unpaired) electrons. The third-order valence-corrected chi connectivity index (χ3v) is 2.66. The van der Waals surface area contributed by atoms with Crippen molar-refractivity contribution < 1.29 is 0 Å². The fraction of sp³-hybridized carbons (Fsp3) is 0.444. The Balaban J connectivity index is 3.25. The lowest BCUT2D eigenvalue weighted by Gasteiger charge is -2.06. The molecule has 0 aliphatic carbocycles. The summed E-state index contributed by atoms with van der Waals surface area (Å²) < 4.78 is 0. The van der Waals surface area contributed by atoms with Gasteiger partial charge in [-0.05, 0) is 37.5 Å². The summed E-state index contributed by atoms with van der Waals surface area (Å²) in [6.07, 6.45) is 1.93. The Morgan fingerprint density at radius 1 is 1.27 bits per heavy atom. The van der Waals surface area contributed by atoms with Crippen molar-refractivity contribution in [3.63, 3.8) is 0 Å². The molecule has 0 fully saturated rings. The van der Waals surface area contributed by atoms with Gasteiger partial charge in [0.2, 0.25) is 0 Å². The second kappa shape index (κ2) is 3.35. The van der Waals surface area contributed by atoms with E-state index in [9.17, 15) is 0 Å². The van der Waals surface area contributed by atoms with Crippen molar-refractivity contribution in [3.8, 4) is 0 Å². The van der Waals surface area contributed by atoms with E-state index in [0.717, 1.165) is 11.0 Å². The highest BCUT2D eigenvalue weighted by atomic mass is 79.9. The van der Waals surface area contributed by atoms with Crippen molar-refractivity contribution >= 4 is 15.9 Å². The topological polar surface area (TPSA) is 12.9 Å². The normalized spacial score (nSPS) is 10.2. The average molecular weight is 214 g/mol. The Morgan fingerprint density at radius 3 is 2.45 bits per heavy atom. The van der Waals surface area contributed by atoms with Crippen LogP contribution in [0.4, 0.5) is 0 Å². The van der Waals surface area contributed by atoms with Gasteiger partial charge in [0.25, 0.3) is 0 Å². The molecule has 0 amide bonds. The quantitative estimate of drug-likeness (QED) is 0.655. The number of aryl methyl sites for hydroxylation is 1. The van der Waals surface area contributed by atoms with Crippen LogP contribution in [0.2, 0.25) is 0 Å². The third kappa shape index (κ3) is 1.62. The van der Waals surface area contributed by atoms with E-state index >= 15 is 0 Å². The van der Waals surface area contributed by atoms with Gasteiger partial charge in [0, 0.05) is 11.5 Å². The molecule has 0 atom stereocenters. The van der Waals surface area contributed by atoms with E-state index in [0.29, 0.717) is 0 Å². The summed E-state index contributed by atoms with van der Waals surface area (Å²) in [4.78, 5) is 4.31. The smallest absolute Gasteiger partial charge is 0.0541 e. The summed E-state index contributed by atoms with van der Waals surface area (Å²) in [5.74, 6) is 0. The minimum Gasteiger partial charge on any atom is -0.260 e. The van der Waals surface area contributed by atoms with E-state index in [1.807, 2.05) is 6.20 Å². The van der Waals surface area contributed by atoms with Crippen LogP contribution in [0.3, 0.4) is 0 Å². The van der Waals surface area contributed by atoms with Gasteiger partial charge in [-0.3, -0.25) is 4.98 Å². The highest BCUT2D eigenvalue weighted by Gasteiger charge is 2.02. The van der Waals surface area contributed by atoms with Crippen molar-refractivity contribution in [2.24, 2.45) is 0 Å². The molecule has 0 aliphatic rings. The lowest BCUT2D eigenvalue weighted by atomic mass is 10.1. The van der Waals surface area contributed by atoms with E-state index in [-0.39, 0.29) is 0 Å². The van der Waals surface area contributed by atoms with Crippen LogP contribution in [0.5, 0.6) is 0 Å². The number of pyridine rings is 1. The van der Waals surface area contributed by atoms with Crippen LogP contribution < -0.4 is 0 Å². The standard InChI is InChI=1S/C9H12BrN/c1-6-5-11-9(4-10)8(3)7(6)2/h5H,4H2,1-3H3. The zero-order valence-corrected chi connectivity index (χ0v) is 8.70. The largest absolute Gasteiger partial charge is 0.260 e. The van der Waals surface area contributed by atoms with Gasteiger partial charge >= 0.3 is 0 Å². The second-order valence-corrected chi connectivity index (χ2v) is 3.33. The summed E-state index contributed by atoms with van der Waals surface area (Å²) in [7, 11) is 0. The molecule has 1 aromatic rings. The Bertz CT molecular complexity index is 269. The van der Waals surface area contributed by atoms with Crippen LogP contribution in [-0.2, 0) is 5.33 Å². The number of nitrogens with zero attached hydrogens (tertiary/aromatic N) is 1. The maximum absolute atomic E-state index is 4.31. The van der Waals surface area contributed by atoms with Crippen LogP contribution in [0.1, 0.15) is 22.4 Å². The molecule has 1 heterocycles. The molecule has 1 rings (SSSR count). The van der Waals surface area contributed by atoms with Crippen LogP contribution >= 0.6 is 15.9 Å². The van der Waals surface area contributed by atoms with E-state index < -0.39 is 0 Å². The van der Waals surface area contributed by atoms with Crippen LogP contribution in [-0.4, -0.2) is 4.98 Å². The first-order valence-electron chi connectivity index (χ1n) is 3.64.